The number of amidine groups is 1. The third-order valence-corrected chi connectivity index (χ3v) is 3.41. The van der Waals surface area contributed by atoms with E-state index in [1.165, 1.54) is 5.69 Å². The summed E-state index contributed by atoms with van der Waals surface area (Å²) in [4.78, 5) is 4.51. The Morgan fingerprint density at radius 2 is 2.00 bits per heavy atom. The van der Waals surface area contributed by atoms with Gasteiger partial charge >= 0.3 is 0 Å². The average Bonchev–Trinajstić information content (AvgIpc) is 2.46. The summed E-state index contributed by atoms with van der Waals surface area (Å²) >= 11 is 0. The smallest absolute Gasteiger partial charge is 0.120 e. The molecule has 1 aromatic rings. The molecule has 1 aromatic carbocycles. The monoisotopic (exact) mass is 247 g/mol. The highest BCUT2D eigenvalue weighted by Crippen LogP contribution is 2.22. The van der Waals surface area contributed by atoms with Crippen molar-refractivity contribution >= 4 is 11.5 Å². The second kappa shape index (κ2) is 5.76. The van der Waals surface area contributed by atoms with Gasteiger partial charge in [-0.15, -0.1) is 0 Å². The molecule has 98 valence electrons. The molecule has 0 amide bonds. The van der Waals surface area contributed by atoms with Crippen molar-refractivity contribution in [1.82, 2.24) is 4.90 Å². The summed E-state index contributed by atoms with van der Waals surface area (Å²) in [5, 5.41) is 7.85. The SMILES string of the molecule is CCC(=N)N1CCN(c2cccc(OC)c2)CC1. The molecule has 0 bridgehead atoms. The van der Waals surface area contributed by atoms with E-state index >= 15 is 0 Å². The minimum Gasteiger partial charge on any atom is -0.497 e. The van der Waals surface area contributed by atoms with Gasteiger partial charge in [0.05, 0.1) is 12.9 Å². The summed E-state index contributed by atoms with van der Waals surface area (Å²) in [6.07, 6.45) is 0.819. The molecular weight excluding hydrogens is 226 g/mol. The van der Waals surface area contributed by atoms with E-state index in [0.29, 0.717) is 0 Å². The van der Waals surface area contributed by atoms with Gasteiger partial charge in [0.1, 0.15) is 5.75 Å². The lowest BCUT2D eigenvalue weighted by Gasteiger charge is -2.37. The van der Waals surface area contributed by atoms with Gasteiger partial charge in [-0.1, -0.05) is 13.0 Å². The number of piperazine rings is 1. The van der Waals surface area contributed by atoms with Crippen LogP contribution in [-0.2, 0) is 0 Å². The molecule has 4 nitrogen and oxygen atoms in total. The lowest BCUT2D eigenvalue weighted by Crippen LogP contribution is -2.48. The molecule has 1 saturated heterocycles. The third-order valence-electron chi connectivity index (χ3n) is 3.41. The summed E-state index contributed by atoms with van der Waals surface area (Å²) < 4.78 is 5.25. The quantitative estimate of drug-likeness (QED) is 0.657. The molecule has 1 aliphatic heterocycles. The van der Waals surface area contributed by atoms with Crippen molar-refractivity contribution in [2.75, 3.05) is 38.2 Å². The Balaban J connectivity index is 1.98. The van der Waals surface area contributed by atoms with Crippen LogP contribution in [-0.4, -0.2) is 44.0 Å². The normalized spacial score (nSPS) is 15.7. The Hall–Kier alpha value is -1.71. The molecule has 0 spiro atoms. The summed E-state index contributed by atoms with van der Waals surface area (Å²) in [5.41, 5.74) is 1.21. The number of hydrogen-bond donors (Lipinski definition) is 1. The Morgan fingerprint density at radius 1 is 1.28 bits per heavy atom. The van der Waals surface area contributed by atoms with E-state index in [0.717, 1.165) is 44.2 Å². The Morgan fingerprint density at radius 3 is 2.61 bits per heavy atom. The first kappa shape index (κ1) is 12.7. The minimum atomic E-state index is 0.750. The van der Waals surface area contributed by atoms with Crippen LogP contribution in [0.15, 0.2) is 24.3 Å². The predicted molar refractivity (Wildman–Crippen MR) is 74.8 cm³/mol. The summed E-state index contributed by atoms with van der Waals surface area (Å²) in [5.74, 6) is 1.65. The highest BCUT2D eigenvalue weighted by atomic mass is 16.5. The average molecular weight is 247 g/mol. The summed E-state index contributed by atoms with van der Waals surface area (Å²) in [6.45, 7) is 5.84. The summed E-state index contributed by atoms with van der Waals surface area (Å²) in [6, 6.07) is 8.17. The highest BCUT2D eigenvalue weighted by Gasteiger charge is 2.18. The number of rotatable bonds is 3. The minimum absolute atomic E-state index is 0.750. The predicted octanol–water partition coefficient (Wildman–Crippen LogP) is 2.20. The fourth-order valence-electron chi connectivity index (χ4n) is 2.27. The Labute approximate surface area is 109 Å². The van der Waals surface area contributed by atoms with E-state index < -0.39 is 0 Å². The van der Waals surface area contributed by atoms with Crippen LogP contribution in [0.25, 0.3) is 0 Å². The van der Waals surface area contributed by atoms with Crippen LogP contribution in [0.5, 0.6) is 5.75 Å². The molecule has 2 rings (SSSR count). The van der Waals surface area contributed by atoms with Crippen LogP contribution in [0.4, 0.5) is 5.69 Å². The van der Waals surface area contributed by atoms with Crippen LogP contribution in [0.1, 0.15) is 13.3 Å². The zero-order valence-corrected chi connectivity index (χ0v) is 11.1. The maximum Gasteiger partial charge on any atom is 0.120 e. The first-order valence-electron chi connectivity index (χ1n) is 6.46. The number of anilines is 1. The maximum absolute atomic E-state index is 7.85. The number of benzene rings is 1. The fourth-order valence-corrected chi connectivity index (χ4v) is 2.27. The van der Waals surface area contributed by atoms with Gasteiger partial charge in [-0.25, -0.2) is 0 Å². The first-order valence-corrected chi connectivity index (χ1v) is 6.46. The molecule has 0 unspecified atom stereocenters. The second-order valence-electron chi connectivity index (χ2n) is 4.48. The second-order valence-corrected chi connectivity index (χ2v) is 4.48. The standard InChI is InChI=1S/C14H21N3O/c1-3-14(15)17-9-7-16(8-10-17)12-5-4-6-13(11-12)18-2/h4-6,11,15H,3,7-10H2,1-2H3. The molecule has 0 aromatic heterocycles. The van der Waals surface area contributed by atoms with Crippen LogP contribution < -0.4 is 9.64 Å². The van der Waals surface area contributed by atoms with E-state index in [1.54, 1.807) is 7.11 Å². The molecule has 0 saturated carbocycles. The van der Waals surface area contributed by atoms with E-state index in [4.69, 9.17) is 10.1 Å². The number of nitrogens with zero attached hydrogens (tertiary/aromatic N) is 2. The Kier molecular flexibility index (Phi) is 4.07. The van der Waals surface area contributed by atoms with E-state index in [-0.39, 0.29) is 0 Å². The lowest BCUT2D eigenvalue weighted by molar-refractivity contribution is 0.377. The Bertz CT molecular complexity index is 411. The molecule has 0 atom stereocenters. The van der Waals surface area contributed by atoms with Crippen molar-refractivity contribution in [2.45, 2.75) is 13.3 Å². The highest BCUT2D eigenvalue weighted by molar-refractivity contribution is 5.79. The zero-order valence-electron chi connectivity index (χ0n) is 11.1. The van der Waals surface area contributed by atoms with Crippen molar-refractivity contribution in [3.05, 3.63) is 24.3 Å². The number of nitrogens with one attached hydrogen (secondary N) is 1. The van der Waals surface area contributed by atoms with E-state index in [2.05, 4.69) is 21.9 Å². The van der Waals surface area contributed by atoms with Gasteiger partial charge in [0.15, 0.2) is 0 Å². The molecule has 0 radical (unpaired) electrons. The maximum atomic E-state index is 7.85. The van der Waals surface area contributed by atoms with Gasteiger partial charge in [-0.05, 0) is 12.1 Å². The van der Waals surface area contributed by atoms with Crippen LogP contribution in [0.2, 0.25) is 0 Å². The lowest BCUT2D eigenvalue weighted by atomic mass is 10.2. The van der Waals surface area contributed by atoms with Crippen LogP contribution >= 0.6 is 0 Å². The van der Waals surface area contributed by atoms with Gasteiger partial charge < -0.3 is 14.5 Å². The van der Waals surface area contributed by atoms with E-state index in [9.17, 15) is 0 Å². The van der Waals surface area contributed by atoms with Gasteiger partial charge in [0, 0.05) is 44.4 Å². The molecular formula is C14H21N3O. The van der Waals surface area contributed by atoms with Crippen LogP contribution in [0, 0.1) is 5.41 Å². The fraction of sp³-hybridized carbons (Fsp3) is 0.500. The topological polar surface area (TPSA) is 39.6 Å². The number of methoxy groups -OCH3 is 1. The van der Waals surface area contributed by atoms with Crippen molar-refractivity contribution in [3.8, 4) is 5.75 Å². The molecule has 18 heavy (non-hydrogen) atoms. The van der Waals surface area contributed by atoms with E-state index in [1.807, 2.05) is 19.1 Å². The largest absolute Gasteiger partial charge is 0.497 e. The molecule has 1 heterocycles. The third kappa shape index (κ3) is 2.75. The van der Waals surface area contributed by atoms with Crippen molar-refractivity contribution < 1.29 is 4.74 Å². The zero-order chi connectivity index (χ0) is 13.0. The molecule has 1 fully saturated rings. The van der Waals surface area contributed by atoms with Gasteiger partial charge in [0.25, 0.3) is 0 Å². The first-order chi connectivity index (χ1) is 8.74. The summed E-state index contributed by atoms with van der Waals surface area (Å²) in [7, 11) is 1.69. The molecule has 1 aliphatic rings. The van der Waals surface area contributed by atoms with Crippen LogP contribution in [0.3, 0.4) is 0 Å². The van der Waals surface area contributed by atoms with Gasteiger partial charge in [-0.3, -0.25) is 5.41 Å². The molecule has 4 heteroatoms. The van der Waals surface area contributed by atoms with Crippen molar-refractivity contribution in [3.63, 3.8) is 0 Å². The molecule has 0 aliphatic carbocycles. The molecule has 1 N–H and O–H groups in total. The number of hydrogen-bond acceptors (Lipinski definition) is 3. The van der Waals surface area contributed by atoms with Gasteiger partial charge in [0.2, 0.25) is 0 Å². The van der Waals surface area contributed by atoms with Crippen molar-refractivity contribution in [1.29, 1.82) is 5.41 Å². The van der Waals surface area contributed by atoms with Gasteiger partial charge in [-0.2, -0.15) is 0 Å². The number of ether oxygens (including phenoxy) is 1. The van der Waals surface area contributed by atoms with Crippen molar-refractivity contribution in [2.24, 2.45) is 0 Å².